The molecule has 3 aliphatic heterocycles. The van der Waals surface area contributed by atoms with Crippen molar-refractivity contribution in [2.45, 2.75) is 29.3 Å². The summed E-state index contributed by atoms with van der Waals surface area (Å²) in [5.41, 5.74) is 4.22. The van der Waals surface area contributed by atoms with Crippen LogP contribution >= 0.6 is 34.9 Å². The largest absolute Gasteiger partial charge is 1.00 e. The number of ketones is 1. The van der Waals surface area contributed by atoms with Crippen LogP contribution in [-0.2, 0) is 14.4 Å². The summed E-state index contributed by atoms with van der Waals surface area (Å²) < 4.78 is 0.661. The second-order valence-corrected chi connectivity index (χ2v) is 10.4. The summed E-state index contributed by atoms with van der Waals surface area (Å²) >= 11 is 3.96. The number of primary amides is 1. The van der Waals surface area contributed by atoms with Crippen LogP contribution in [0.4, 0.5) is 4.79 Å². The fourth-order valence-electron chi connectivity index (χ4n) is 4.75. The number of nitrogens with zero attached hydrogens (tertiary/aromatic N) is 4. The van der Waals surface area contributed by atoms with Gasteiger partial charge in [0, 0.05) is 18.2 Å². The van der Waals surface area contributed by atoms with Crippen molar-refractivity contribution >= 4 is 58.6 Å². The maximum Gasteiger partial charge on any atom is 1.00 e. The van der Waals surface area contributed by atoms with Crippen molar-refractivity contribution in [3.63, 3.8) is 0 Å². The number of Topliss-reactive ketones (excluding diaryl/α,β-unsaturated/α-hetero) is 1. The quantitative estimate of drug-likeness (QED) is 0.230. The van der Waals surface area contributed by atoms with Gasteiger partial charge in [-0.3, -0.25) is 14.5 Å². The van der Waals surface area contributed by atoms with Gasteiger partial charge in [-0.05, 0) is 25.2 Å². The van der Waals surface area contributed by atoms with E-state index >= 15 is 0 Å². The number of nitrogens with two attached hydrogens (primary N) is 1. The van der Waals surface area contributed by atoms with Crippen molar-refractivity contribution in [1.82, 2.24) is 20.0 Å². The molecule has 0 aromatic carbocycles. The number of carbonyl (C=O) groups excluding carboxylic acids is 4. The van der Waals surface area contributed by atoms with Crippen LogP contribution in [0.1, 0.15) is 11.4 Å². The monoisotopic (exact) mass is 491 g/mol. The number of likely N-dealkylation sites (tertiary alicyclic amines) is 1. The Morgan fingerprint density at radius 3 is 2.61 bits per heavy atom. The Morgan fingerprint density at radius 2 is 2.06 bits per heavy atom. The van der Waals surface area contributed by atoms with Crippen LogP contribution in [0, 0.1) is 12.8 Å². The first kappa shape index (κ1) is 24.5. The van der Waals surface area contributed by atoms with Crippen LogP contribution < -0.4 is 40.4 Å². The number of carbonyl (C=O) groups is 4. The number of amides is 3. The zero-order chi connectivity index (χ0) is 21.8. The van der Waals surface area contributed by atoms with Crippen molar-refractivity contribution in [2.24, 2.45) is 11.7 Å². The summed E-state index contributed by atoms with van der Waals surface area (Å²) in [7, 11) is 0. The standard InChI is InChI=1S/C17H19N5O5S3.Na/c1-7-19-20-16(30-7)29-5-8-9-3-4-21(15(18)27)12-13(24)22(11(8)14(25)26)17(9,12)10(23)6-28-2;/h9,12H,3-6H2,1-2H3,(H2,18,27)(H,25,26);/q;+1/p-1/t9?,12-,17+;/m1./s1. The molecule has 0 spiro atoms. The molecule has 4 heterocycles. The topological polar surface area (TPSA) is 150 Å². The summed E-state index contributed by atoms with van der Waals surface area (Å²) in [6.07, 6.45) is 2.07. The third-order valence-electron chi connectivity index (χ3n) is 5.75. The van der Waals surface area contributed by atoms with Gasteiger partial charge in [-0.2, -0.15) is 11.8 Å². The van der Waals surface area contributed by atoms with Gasteiger partial charge in [-0.15, -0.1) is 10.2 Å². The Balaban J connectivity index is 0.00000272. The van der Waals surface area contributed by atoms with Gasteiger partial charge in [0.2, 0.25) is 0 Å². The Labute approximate surface area is 212 Å². The van der Waals surface area contributed by atoms with E-state index in [1.54, 1.807) is 6.26 Å². The SMILES string of the molecule is CSCC(=O)[C@@]12C3CCN(C(N)=O)[C@@H]1C(=O)N2C(C(=O)[O-])=C3CSc1nnc(C)s1.[Na+]. The third-order valence-corrected chi connectivity index (χ3v) is 8.32. The van der Waals surface area contributed by atoms with E-state index in [0.29, 0.717) is 16.3 Å². The van der Waals surface area contributed by atoms with Crippen molar-refractivity contribution < 1.29 is 53.8 Å². The molecular weight excluding hydrogens is 473 g/mol. The van der Waals surface area contributed by atoms with E-state index in [1.807, 2.05) is 6.92 Å². The molecule has 0 saturated carbocycles. The smallest absolute Gasteiger partial charge is 0.543 e. The molecule has 0 aliphatic carbocycles. The number of carboxylic acid groups (broad SMARTS) is 1. The first-order chi connectivity index (χ1) is 14.2. The molecule has 2 fully saturated rings. The second-order valence-electron chi connectivity index (χ2n) is 7.17. The molecule has 31 heavy (non-hydrogen) atoms. The summed E-state index contributed by atoms with van der Waals surface area (Å²) in [5, 5.41) is 20.8. The van der Waals surface area contributed by atoms with Gasteiger partial charge in [0.1, 0.15) is 16.6 Å². The first-order valence-corrected chi connectivity index (χ1v) is 12.2. The molecular formula is C17H18N5NaO5S3. The van der Waals surface area contributed by atoms with Gasteiger partial charge < -0.3 is 20.5 Å². The van der Waals surface area contributed by atoms with Gasteiger partial charge in [-0.1, -0.05) is 23.1 Å². The van der Waals surface area contributed by atoms with Crippen LogP contribution in [0.3, 0.4) is 0 Å². The third kappa shape index (κ3) is 3.53. The number of carboxylic acids is 1. The molecule has 3 aliphatic rings. The second kappa shape index (κ2) is 9.02. The minimum absolute atomic E-state index is 0. The van der Waals surface area contributed by atoms with Gasteiger partial charge >= 0.3 is 35.6 Å². The molecule has 0 radical (unpaired) electrons. The van der Waals surface area contributed by atoms with Crippen molar-refractivity contribution in [2.75, 3.05) is 24.3 Å². The molecule has 160 valence electrons. The zero-order valence-electron chi connectivity index (χ0n) is 17.1. The molecule has 0 bridgehead atoms. The van der Waals surface area contributed by atoms with Crippen LogP contribution in [-0.4, -0.2) is 79.6 Å². The Hall–Kier alpha value is -1.12. The first-order valence-electron chi connectivity index (χ1n) is 9.04. The molecule has 2 N–H and O–H groups in total. The van der Waals surface area contributed by atoms with Gasteiger partial charge in [0.25, 0.3) is 5.91 Å². The summed E-state index contributed by atoms with van der Waals surface area (Å²) in [6, 6.07) is -1.89. The number of thioether (sulfide) groups is 2. The summed E-state index contributed by atoms with van der Waals surface area (Å²) in [6.45, 7) is 1.99. The van der Waals surface area contributed by atoms with E-state index in [2.05, 4.69) is 10.2 Å². The number of aliphatic carboxylic acids is 1. The average Bonchev–Trinajstić information content (AvgIpc) is 3.23. The fourth-order valence-corrected chi connectivity index (χ4v) is 7.15. The summed E-state index contributed by atoms with van der Waals surface area (Å²) in [4.78, 5) is 52.5. The van der Waals surface area contributed by atoms with Crippen molar-refractivity contribution in [1.29, 1.82) is 0 Å². The number of hydrogen-bond donors (Lipinski definition) is 1. The number of β-lactam (4-membered cyclic amide) rings is 1. The predicted octanol–water partition coefficient (Wildman–Crippen LogP) is -3.76. The Bertz CT molecular complexity index is 1000. The molecule has 1 unspecified atom stereocenters. The Morgan fingerprint density at radius 1 is 1.35 bits per heavy atom. The minimum atomic E-state index is -1.51. The normalized spacial score (nSPS) is 26.3. The van der Waals surface area contributed by atoms with E-state index in [9.17, 15) is 24.3 Å². The number of aryl methyl sites for hydroxylation is 1. The average molecular weight is 492 g/mol. The summed E-state index contributed by atoms with van der Waals surface area (Å²) in [5.74, 6) is -2.63. The van der Waals surface area contributed by atoms with E-state index in [0.717, 1.165) is 9.91 Å². The molecule has 1 aromatic heterocycles. The molecule has 3 amide bonds. The van der Waals surface area contributed by atoms with Crippen LogP contribution in [0.5, 0.6) is 0 Å². The molecule has 14 heteroatoms. The molecule has 10 nitrogen and oxygen atoms in total. The number of urea groups is 1. The van der Waals surface area contributed by atoms with Gasteiger partial charge in [0.05, 0.1) is 17.4 Å². The van der Waals surface area contributed by atoms with Crippen molar-refractivity contribution in [3.05, 3.63) is 16.3 Å². The number of hydrogen-bond acceptors (Lipinski definition) is 10. The van der Waals surface area contributed by atoms with E-state index in [-0.39, 0.29) is 59.1 Å². The maximum absolute atomic E-state index is 13.3. The van der Waals surface area contributed by atoms with E-state index < -0.39 is 35.4 Å². The van der Waals surface area contributed by atoms with Crippen LogP contribution in [0.25, 0.3) is 0 Å². The molecule has 4 rings (SSSR count). The zero-order valence-corrected chi connectivity index (χ0v) is 21.6. The van der Waals surface area contributed by atoms with Gasteiger partial charge in [0.15, 0.2) is 10.1 Å². The van der Waals surface area contributed by atoms with E-state index in [4.69, 9.17) is 5.73 Å². The number of piperidine rings is 1. The molecule has 2 saturated heterocycles. The van der Waals surface area contributed by atoms with Crippen LogP contribution in [0.15, 0.2) is 15.6 Å². The Kier molecular flexibility index (Phi) is 7.14. The molecule has 3 atom stereocenters. The fraction of sp³-hybridized carbons (Fsp3) is 0.529. The minimum Gasteiger partial charge on any atom is -0.543 e. The molecule has 1 aromatic rings. The predicted molar refractivity (Wildman–Crippen MR) is 109 cm³/mol. The maximum atomic E-state index is 13.3. The van der Waals surface area contributed by atoms with E-state index in [1.165, 1.54) is 39.8 Å². The van der Waals surface area contributed by atoms with Gasteiger partial charge in [-0.25, -0.2) is 4.79 Å². The number of aromatic nitrogens is 2. The van der Waals surface area contributed by atoms with Crippen LogP contribution in [0.2, 0.25) is 0 Å². The van der Waals surface area contributed by atoms with Crippen molar-refractivity contribution in [3.8, 4) is 0 Å². The number of rotatable bonds is 7.